The Bertz CT molecular complexity index is 1200. The van der Waals surface area contributed by atoms with Crippen LogP contribution in [0.15, 0.2) is 67.0 Å². The summed E-state index contributed by atoms with van der Waals surface area (Å²) in [6.07, 6.45) is 3.61. The number of carbonyl (C=O) groups is 2. The van der Waals surface area contributed by atoms with Crippen LogP contribution < -0.4 is 10.6 Å². The molecule has 0 unspecified atom stereocenters. The summed E-state index contributed by atoms with van der Waals surface area (Å²) in [5.74, 6) is 0.348. The molecule has 0 saturated heterocycles. The number of aryl methyl sites for hydroxylation is 1. The van der Waals surface area contributed by atoms with Crippen LogP contribution >= 0.6 is 11.3 Å². The molecule has 2 aromatic carbocycles. The molecule has 2 aromatic heterocycles. The molecule has 0 aliphatic carbocycles. The van der Waals surface area contributed by atoms with Crippen molar-refractivity contribution in [3.05, 3.63) is 72.6 Å². The highest BCUT2D eigenvalue weighted by Crippen LogP contribution is 2.38. The first kappa shape index (κ1) is 19.5. The maximum absolute atomic E-state index is 12.7. The summed E-state index contributed by atoms with van der Waals surface area (Å²) >= 11 is 1.38. The first-order chi connectivity index (χ1) is 14.5. The van der Waals surface area contributed by atoms with Crippen molar-refractivity contribution in [3.8, 4) is 22.0 Å². The molecule has 0 spiro atoms. The van der Waals surface area contributed by atoms with E-state index in [0.29, 0.717) is 16.4 Å². The van der Waals surface area contributed by atoms with Gasteiger partial charge in [0, 0.05) is 43.2 Å². The summed E-state index contributed by atoms with van der Waals surface area (Å²) in [7, 11) is 1.92. The number of hydrogen-bond donors (Lipinski definition) is 2. The minimum absolute atomic E-state index is 0.162. The van der Waals surface area contributed by atoms with Crippen LogP contribution in [0.2, 0.25) is 0 Å². The zero-order valence-corrected chi connectivity index (χ0v) is 17.2. The highest BCUT2D eigenvalue weighted by Gasteiger charge is 2.19. The van der Waals surface area contributed by atoms with Crippen molar-refractivity contribution < 1.29 is 9.59 Å². The van der Waals surface area contributed by atoms with Gasteiger partial charge in [0.2, 0.25) is 5.91 Å². The maximum atomic E-state index is 12.7. The fourth-order valence-electron chi connectivity index (χ4n) is 2.98. The van der Waals surface area contributed by atoms with Gasteiger partial charge in [0.25, 0.3) is 5.91 Å². The van der Waals surface area contributed by atoms with Crippen LogP contribution in [-0.2, 0) is 11.8 Å². The summed E-state index contributed by atoms with van der Waals surface area (Å²) in [5.41, 5.74) is 2.83. The molecule has 2 amide bonds. The average molecular weight is 417 g/mol. The molecule has 0 saturated carbocycles. The second kappa shape index (κ2) is 8.30. The van der Waals surface area contributed by atoms with Crippen LogP contribution in [0.1, 0.15) is 17.3 Å². The topological polar surface area (TPSA) is 88.9 Å². The van der Waals surface area contributed by atoms with Crippen LogP contribution in [0.4, 0.5) is 10.8 Å². The van der Waals surface area contributed by atoms with Gasteiger partial charge in [-0.1, -0.05) is 41.7 Å². The van der Waals surface area contributed by atoms with Gasteiger partial charge in [0.05, 0.1) is 10.6 Å². The molecular weight excluding hydrogens is 398 g/mol. The van der Waals surface area contributed by atoms with E-state index in [0.717, 1.165) is 22.0 Å². The maximum Gasteiger partial charge on any atom is 0.257 e. The lowest BCUT2D eigenvalue weighted by Crippen LogP contribution is -2.12. The van der Waals surface area contributed by atoms with E-state index in [-0.39, 0.29) is 11.8 Å². The normalized spacial score (nSPS) is 10.6. The molecule has 0 bridgehead atoms. The largest absolute Gasteiger partial charge is 0.333 e. The Balaban J connectivity index is 1.63. The van der Waals surface area contributed by atoms with Gasteiger partial charge >= 0.3 is 0 Å². The van der Waals surface area contributed by atoms with E-state index >= 15 is 0 Å². The lowest BCUT2D eigenvalue weighted by atomic mass is 10.1. The molecule has 0 atom stereocenters. The Morgan fingerprint density at radius 2 is 1.73 bits per heavy atom. The predicted molar refractivity (Wildman–Crippen MR) is 118 cm³/mol. The Morgan fingerprint density at radius 1 is 1.00 bits per heavy atom. The van der Waals surface area contributed by atoms with Gasteiger partial charge in [0.1, 0.15) is 0 Å². The van der Waals surface area contributed by atoms with E-state index < -0.39 is 0 Å². The number of nitrogens with one attached hydrogen (secondary N) is 2. The molecule has 2 N–H and O–H groups in total. The van der Waals surface area contributed by atoms with E-state index in [4.69, 9.17) is 0 Å². The van der Waals surface area contributed by atoms with Crippen molar-refractivity contribution in [2.45, 2.75) is 6.92 Å². The molecule has 0 radical (unpaired) electrons. The SMILES string of the molecule is CC(=O)Nc1ccc(C(=O)Nc2nc(-c3ccccc3)c(-c3nccn3C)s2)cc1. The second-order valence-electron chi connectivity index (χ2n) is 6.64. The van der Waals surface area contributed by atoms with E-state index in [2.05, 4.69) is 20.6 Å². The van der Waals surface area contributed by atoms with Crippen LogP contribution in [0.5, 0.6) is 0 Å². The molecule has 150 valence electrons. The van der Waals surface area contributed by atoms with Gasteiger partial charge in [0.15, 0.2) is 11.0 Å². The molecule has 8 heteroatoms. The molecule has 2 heterocycles. The number of nitrogens with zero attached hydrogens (tertiary/aromatic N) is 3. The highest BCUT2D eigenvalue weighted by atomic mass is 32.1. The molecule has 7 nitrogen and oxygen atoms in total. The molecule has 0 aliphatic rings. The second-order valence-corrected chi connectivity index (χ2v) is 7.64. The monoisotopic (exact) mass is 417 g/mol. The van der Waals surface area contributed by atoms with Crippen molar-refractivity contribution >= 4 is 34.0 Å². The average Bonchev–Trinajstić information content (AvgIpc) is 3.34. The third-order valence-corrected chi connectivity index (χ3v) is 5.35. The zero-order chi connectivity index (χ0) is 21.1. The third-order valence-electron chi connectivity index (χ3n) is 4.39. The highest BCUT2D eigenvalue weighted by molar-refractivity contribution is 7.19. The summed E-state index contributed by atoms with van der Waals surface area (Å²) in [5, 5.41) is 6.04. The fourth-order valence-corrected chi connectivity index (χ4v) is 4.00. The quantitative estimate of drug-likeness (QED) is 0.503. The molecule has 0 fully saturated rings. The number of aromatic nitrogens is 3. The van der Waals surface area contributed by atoms with Gasteiger partial charge in [-0.05, 0) is 24.3 Å². The Kier molecular flexibility index (Phi) is 5.40. The van der Waals surface area contributed by atoms with E-state index in [1.807, 2.05) is 48.1 Å². The molecule has 4 rings (SSSR count). The number of hydrogen-bond acceptors (Lipinski definition) is 5. The lowest BCUT2D eigenvalue weighted by molar-refractivity contribution is -0.114. The number of rotatable bonds is 5. The van der Waals surface area contributed by atoms with Crippen LogP contribution in [-0.4, -0.2) is 26.3 Å². The Labute approximate surface area is 177 Å². The van der Waals surface area contributed by atoms with Crippen LogP contribution in [0.25, 0.3) is 22.0 Å². The van der Waals surface area contributed by atoms with E-state index in [9.17, 15) is 9.59 Å². The zero-order valence-electron chi connectivity index (χ0n) is 16.4. The molecule has 30 heavy (non-hydrogen) atoms. The van der Waals surface area contributed by atoms with Gasteiger partial charge < -0.3 is 9.88 Å². The molecular formula is C22H19N5O2S. The third kappa shape index (κ3) is 4.13. The van der Waals surface area contributed by atoms with Crippen molar-refractivity contribution in [3.63, 3.8) is 0 Å². The van der Waals surface area contributed by atoms with Gasteiger partial charge in [-0.2, -0.15) is 0 Å². The van der Waals surface area contributed by atoms with Gasteiger partial charge in [-0.3, -0.25) is 14.9 Å². The minimum atomic E-state index is -0.274. The van der Waals surface area contributed by atoms with Crippen LogP contribution in [0, 0.1) is 0 Å². The predicted octanol–water partition coefficient (Wildman–Crippen LogP) is 4.42. The van der Waals surface area contributed by atoms with Crippen molar-refractivity contribution in [1.29, 1.82) is 0 Å². The first-order valence-electron chi connectivity index (χ1n) is 9.24. The summed E-state index contributed by atoms with van der Waals surface area (Å²) in [6, 6.07) is 16.5. The van der Waals surface area contributed by atoms with E-state index in [1.54, 1.807) is 30.5 Å². The summed E-state index contributed by atoms with van der Waals surface area (Å²) in [6.45, 7) is 1.44. The number of carbonyl (C=O) groups excluding carboxylic acids is 2. The first-order valence-corrected chi connectivity index (χ1v) is 10.1. The summed E-state index contributed by atoms with van der Waals surface area (Å²) in [4.78, 5) is 33.8. The minimum Gasteiger partial charge on any atom is -0.333 e. The standard InChI is InChI=1S/C22H19N5O2S/c1-14(28)24-17-10-8-16(9-11-17)21(29)26-22-25-18(15-6-4-3-5-7-15)19(30-22)20-23-12-13-27(20)2/h3-13H,1-2H3,(H,24,28)(H,25,26,29). The lowest BCUT2D eigenvalue weighted by Gasteiger charge is -2.04. The number of anilines is 2. The summed E-state index contributed by atoms with van der Waals surface area (Å²) < 4.78 is 1.92. The number of amides is 2. The van der Waals surface area contributed by atoms with Crippen molar-refractivity contribution in [1.82, 2.24) is 14.5 Å². The fraction of sp³-hybridized carbons (Fsp3) is 0.0909. The number of imidazole rings is 1. The van der Waals surface area contributed by atoms with Gasteiger partial charge in [-0.15, -0.1) is 0 Å². The van der Waals surface area contributed by atoms with Crippen molar-refractivity contribution in [2.75, 3.05) is 10.6 Å². The number of benzene rings is 2. The molecule has 0 aliphatic heterocycles. The van der Waals surface area contributed by atoms with Crippen LogP contribution in [0.3, 0.4) is 0 Å². The Morgan fingerprint density at radius 3 is 2.37 bits per heavy atom. The smallest absolute Gasteiger partial charge is 0.257 e. The van der Waals surface area contributed by atoms with Crippen molar-refractivity contribution in [2.24, 2.45) is 7.05 Å². The Hall–Kier alpha value is -3.78. The van der Waals surface area contributed by atoms with E-state index in [1.165, 1.54) is 18.3 Å². The number of thiazole rings is 1. The molecule has 4 aromatic rings. The van der Waals surface area contributed by atoms with Gasteiger partial charge in [-0.25, -0.2) is 9.97 Å².